The van der Waals surface area contributed by atoms with Crippen molar-refractivity contribution in [3.8, 4) is 27.6 Å². The van der Waals surface area contributed by atoms with Gasteiger partial charge in [0.2, 0.25) is 5.89 Å². The Kier molecular flexibility index (Phi) is 6.24. The first-order valence-electron chi connectivity index (χ1n) is 9.64. The number of carbonyl (C=O) groups excluding carboxylic acids is 1. The molecule has 0 amide bonds. The first-order valence-corrected chi connectivity index (χ1v) is 10.5. The molecule has 0 aliphatic carbocycles. The molecule has 6 nitrogen and oxygen atoms in total. The number of nitrogens with zero attached hydrogens (tertiary/aromatic N) is 2. The molecule has 4 aromatic rings. The lowest BCUT2D eigenvalue weighted by Gasteiger charge is -2.06. The molecule has 2 heterocycles. The number of hydrogen-bond acceptors (Lipinski definition) is 7. The third-order valence-corrected chi connectivity index (χ3v) is 5.59. The average Bonchev–Trinajstić information content (AvgIpc) is 3.49. The van der Waals surface area contributed by atoms with Gasteiger partial charge in [0.1, 0.15) is 5.75 Å². The summed E-state index contributed by atoms with van der Waals surface area (Å²) in [5.74, 6) is 0.837. The molecule has 1 unspecified atom stereocenters. The number of rotatable bonds is 7. The summed E-state index contributed by atoms with van der Waals surface area (Å²) >= 11 is 1.60. The summed E-state index contributed by atoms with van der Waals surface area (Å²) in [7, 11) is 1.60. The van der Waals surface area contributed by atoms with Crippen molar-refractivity contribution in [3.05, 3.63) is 83.6 Å². The smallest absolute Gasteiger partial charge is 0.331 e. The van der Waals surface area contributed by atoms with E-state index in [1.807, 2.05) is 42.5 Å². The van der Waals surface area contributed by atoms with E-state index < -0.39 is 12.1 Å². The molecule has 0 radical (unpaired) electrons. The van der Waals surface area contributed by atoms with Crippen molar-refractivity contribution in [3.63, 3.8) is 0 Å². The molecule has 7 heteroatoms. The van der Waals surface area contributed by atoms with E-state index in [1.165, 1.54) is 6.08 Å². The first-order chi connectivity index (χ1) is 15.1. The third kappa shape index (κ3) is 5.07. The zero-order valence-electron chi connectivity index (χ0n) is 17.0. The molecule has 156 valence electrons. The highest BCUT2D eigenvalue weighted by Gasteiger charge is 2.18. The van der Waals surface area contributed by atoms with Gasteiger partial charge in [-0.05, 0) is 55.0 Å². The summed E-state index contributed by atoms with van der Waals surface area (Å²) in [6.45, 7) is 1.69. The van der Waals surface area contributed by atoms with Gasteiger partial charge < -0.3 is 13.9 Å². The number of hydrogen-bond donors (Lipinski definition) is 0. The van der Waals surface area contributed by atoms with Gasteiger partial charge in [0, 0.05) is 21.4 Å². The minimum absolute atomic E-state index is 0.232. The fraction of sp³-hybridized carbons (Fsp3) is 0.125. The van der Waals surface area contributed by atoms with Crippen LogP contribution in [0, 0.1) is 0 Å². The molecule has 0 saturated heterocycles. The number of esters is 1. The van der Waals surface area contributed by atoms with Crippen LogP contribution >= 0.6 is 11.3 Å². The third-order valence-electron chi connectivity index (χ3n) is 4.49. The van der Waals surface area contributed by atoms with Crippen LogP contribution in [-0.4, -0.2) is 23.3 Å². The highest BCUT2D eigenvalue weighted by Crippen LogP contribution is 2.29. The minimum Gasteiger partial charge on any atom is -0.497 e. The molecule has 0 N–H and O–H groups in total. The normalized spacial score (nSPS) is 12.1. The second-order valence-electron chi connectivity index (χ2n) is 6.65. The van der Waals surface area contributed by atoms with Crippen molar-refractivity contribution in [2.45, 2.75) is 13.0 Å². The molecule has 0 fully saturated rings. The van der Waals surface area contributed by atoms with Crippen molar-refractivity contribution < 1.29 is 18.7 Å². The van der Waals surface area contributed by atoms with Gasteiger partial charge in [-0.1, -0.05) is 30.3 Å². The fourth-order valence-electron chi connectivity index (χ4n) is 2.86. The zero-order valence-corrected chi connectivity index (χ0v) is 17.8. The largest absolute Gasteiger partial charge is 0.497 e. The van der Waals surface area contributed by atoms with Crippen LogP contribution in [0.2, 0.25) is 0 Å². The number of ether oxygens (including phenoxy) is 2. The summed E-state index contributed by atoms with van der Waals surface area (Å²) < 4.78 is 16.2. The second-order valence-corrected chi connectivity index (χ2v) is 7.77. The molecule has 1 atom stereocenters. The summed E-state index contributed by atoms with van der Waals surface area (Å²) in [6, 6.07) is 21.4. The van der Waals surface area contributed by atoms with Gasteiger partial charge in [0.25, 0.3) is 5.89 Å². The highest BCUT2D eigenvalue weighted by molar-refractivity contribution is 7.16. The lowest BCUT2D eigenvalue weighted by Crippen LogP contribution is -2.06. The van der Waals surface area contributed by atoms with Crippen LogP contribution in [0.1, 0.15) is 23.8 Å². The van der Waals surface area contributed by atoms with E-state index in [0.29, 0.717) is 5.89 Å². The van der Waals surface area contributed by atoms with E-state index in [2.05, 4.69) is 22.3 Å². The Balaban J connectivity index is 1.36. The van der Waals surface area contributed by atoms with Gasteiger partial charge in [-0.3, -0.25) is 0 Å². The van der Waals surface area contributed by atoms with Gasteiger partial charge in [0.15, 0.2) is 6.10 Å². The Morgan fingerprint density at radius 2 is 1.77 bits per heavy atom. The minimum atomic E-state index is -0.667. The lowest BCUT2D eigenvalue weighted by molar-refractivity contribution is -0.143. The standard InChI is InChI=1S/C24H20N2O4S/c1-16(23-25-26-24(30-23)18-8-10-19(28-2)11-9-18)29-22(27)15-13-20-12-14-21(31-20)17-6-4-3-5-7-17/h3-16H,1-2H3/b15-13+. The molecule has 2 aromatic carbocycles. The average molecular weight is 433 g/mol. The Bertz CT molecular complexity index is 1180. The van der Waals surface area contributed by atoms with Gasteiger partial charge in [0.05, 0.1) is 7.11 Å². The predicted octanol–water partition coefficient (Wildman–Crippen LogP) is 5.79. The molecule has 0 saturated carbocycles. The molecule has 31 heavy (non-hydrogen) atoms. The summed E-state index contributed by atoms with van der Waals surface area (Å²) in [5, 5.41) is 8.03. The molecule has 0 aliphatic rings. The summed E-state index contributed by atoms with van der Waals surface area (Å²) in [6.07, 6.45) is 2.47. The molecule has 4 rings (SSSR count). The number of benzene rings is 2. The number of thiophene rings is 1. The van der Waals surface area contributed by atoms with Crippen LogP contribution in [0.25, 0.3) is 28.0 Å². The van der Waals surface area contributed by atoms with Crippen LogP contribution < -0.4 is 4.74 Å². The highest BCUT2D eigenvalue weighted by atomic mass is 32.1. The maximum absolute atomic E-state index is 12.2. The van der Waals surface area contributed by atoms with Gasteiger partial charge in [-0.2, -0.15) is 0 Å². The second kappa shape index (κ2) is 9.40. The predicted molar refractivity (Wildman–Crippen MR) is 120 cm³/mol. The zero-order chi connectivity index (χ0) is 21.6. The van der Waals surface area contributed by atoms with Crippen molar-refractivity contribution in [2.24, 2.45) is 0 Å². The SMILES string of the molecule is COc1ccc(-c2nnc(C(C)OC(=O)/C=C/c3ccc(-c4ccccc4)s3)o2)cc1. The number of carbonyl (C=O) groups is 1. The first kappa shape index (κ1) is 20.6. The van der Waals surface area contributed by atoms with E-state index in [-0.39, 0.29) is 5.89 Å². The molecule has 0 bridgehead atoms. The Labute approximate surface area is 183 Å². The van der Waals surface area contributed by atoms with Crippen LogP contribution in [0.5, 0.6) is 5.75 Å². The summed E-state index contributed by atoms with van der Waals surface area (Å²) in [5.41, 5.74) is 1.90. The quantitative estimate of drug-likeness (QED) is 0.272. The van der Waals surface area contributed by atoms with Gasteiger partial charge >= 0.3 is 5.97 Å². The van der Waals surface area contributed by atoms with Crippen molar-refractivity contribution in [2.75, 3.05) is 7.11 Å². The number of methoxy groups -OCH3 is 1. The Morgan fingerprint density at radius 1 is 1.00 bits per heavy atom. The van der Waals surface area contributed by atoms with E-state index in [4.69, 9.17) is 13.9 Å². The van der Waals surface area contributed by atoms with Gasteiger partial charge in [-0.25, -0.2) is 4.79 Å². The van der Waals surface area contributed by atoms with E-state index in [0.717, 1.165) is 26.6 Å². The van der Waals surface area contributed by atoms with E-state index in [9.17, 15) is 4.79 Å². The van der Waals surface area contributed by atoms with Crippen molar-refractivity contribution in [1.82, 2.24) is 10.2 Å². The fourth-order valence-corrected chi connectivity index (χ4v) is 3.78. The number of aromatic nitrogens is 2. The topological polar surface area (TPSA) is 74.5 Å². The van der Waals surface area contributed by atoms with E-state index in [1.54, 1.807) is 43.6 Å². The molecule has 2 aromatic heterocycles. The Morgan fingerprint density at radius 3 is 2.52 bits per heavy atom. The van der Waals surface area contributed by atoms with Crippen LogP contribution in [-0.2, 0) is 9.53 Å². The monoisotopic (exact) mass is 432 g/mol. The van der Waals surface area contributed by atoms with E-state index >= 15 is 0 Å². The van der Waals surface area contributed by atoms with Gasteiger partial charge in [-0.15, -0.1) is 21.5 Å². The maximum Gasteiger partial charge on any atom is 0.331 e. The van der Waals surface area contributed by atoms with Crippen LogP contribution in [0.3, 0.4) is 0 Å². The Hall–Kier alpha value is -3.71. The molecule has 0 aliphatic heterocycles. The van der Waals surface area contributed by atoms with Crippen molar-refractivity contribution >= 4 is 23.4 Å². The molecular formula is C24H20N2O4S. The van der Waals surface area contributed by atoms with Crippen LogP contribution in [0.15, 0.2) is 77.2 Å². The van der Waals surface area contributed by atoms with Crippen molar-refractivity contribution in [1.29, 1.82) is 0 Å². The molecule has 0 spiro atoms. The maximum atomic E-state index is 12.2. The lowest BCUT2D eigenvalue weighted by atomic mass is 10.2. The molecular weight excluding hydrogens is 412 g/mol. The van der Waals surface area contributed by atoms with Crippen LogP contribution in [0.4, 0.5) is 0 Å². The summed E-state index contributed by atoms with van der Waals surface area (Å²) in [4.78, 5) is 14.3.